The molecule has 0 N–H and O–H groups in total. The summed E-state index contributed by atoms with van der Waals surface area (Å²) < 4.78 is 0. The minimum absolute atomic E-state index is 1.14. The first-order chi connectivity index (χ1) is 2.81. The van der Waals surface area contributed by atoms with Gasteiger partial charge in [0, 0.05) is 0 Å². The second-order valence-electron chi connectivity index (χ2n) is 1.31. The Morgan fingerprint density at radius 1 is 1.83 bits per heavy atom. The number of hydrogen-bond acceptors (Lipinski definition) is 0. The molecule has 0 fully saturated rings. The average molecular weight is 149 g/mol. The van der Waals surface area contributed by atoms with Crippen molar-refractivity contribution in [2.45, 2.75) is 20.3 Å². The summed E-state index contributed by atoms with van der Waals surface area (Å²) in [7, 11) is 0. The van der Waals surface area contributed by atoms with E-state index in [4.69, 9.17) is 0 Å². The van der Waals surface area contributed by atoms with Crippen LogP contribution in [0.1, 0.15) is 20.3 Å². The SMILES string of the molecule is CCC(C)=CBr. The molecule has 0 aliphatic rings. The highest BCUT2D eigenvalue weighted by Gasteiger charge is 1.74. The smallest absolute Gasteiger partial charge is 0.0200 e. The lowest BCUT2D eigenvalue weighted by Gasteiger charge is -1.83. The van der Waals surface area contributed by atoms with E-state index in [1.165, 1.54) is 5.57 Å². The minimum Gasteiger partial charge on any atom is -0.0667 e. The van der Waals surface area contributed by atoms with Crippen molar-refractivity contribution in [2.24, 2.45) is 0 Å². The standard InChI is InChI=1S/C5H9Br/c1-3-5(2)4-6/h4H,3H2,1-2H3. The fourth-order valence-corrected chi connectivity index (χ4v) is 0.401. The summed E-state index contributed by atoms with van der Waals surface area (Å²) in [4.78, 5) is 1.95. The molecule has 0 aromatic carbocycles. The summed E-state index contributed by atoms with van der Waals surface area (Å²) >= 11 is 3.21. The van der Waals surface area contributed by atoms with Crippen LogP contribution >= 0.6 is 15.9 Å². The van der Waals surface area contributed by atoms with Crippen molar-refractivity contribution < 1.29 is 0 Å². The van der Waals surface area contributed by atoms with Gasteiger partial charge in [-0.2, -0.15) is 0 Å². The van der Waals surface area contributed by atoms with E-state index in [0.717, 1.165) is 6.42 Å². The molecule has 0 bridgehead atoms. The van der Waals surface area contributed by atoms with E-state index in [-0.39, 0.29) is 0 Å². The van der Waals surface area contributed by atoms with Crippen molar-refractivity contribution in [3.05, 3.63) is 10.6 Å². The molecule has 0 rings (SSSR count). The molecule has 0 spiro atoms. The second kappa shape index (κ2) is 3.41. The predicted octanol–water partition coefficient (Wildman–Crippen LogP) is 2.70. The van der Waals surface area contributed by atoms with Gasteiger partial charge in [0.2, 0.25) is 0 Å². The van der Waals surface area contributed by atoms with Crippen LogP contribution in [0, 0.1) is 0 Å². The lowest BCUT2D eigenvalue weighted by molar-refractivity contribution is 1.11. The third-order valence-corrected chi connectivity index (χ3v) is 1.53. The maximum absolute atomic E-state index is 3.21. The van der Waals surface area contributed by atoms with Crippen LogP contribution in [0.3, 0.4) is 0 Å². The highest BCUT2D eigenvalue weighted by atomic mass is 79.9. The van der Waals surface area contributed by atoms with Crippen molar-refractivity contribution in [2.75, 3.05) is 0 Å². The zero-order chi connectivity index (χ0) is 4.99. The molecule has 0 aliphatic heterocycles. The summed E-state index contributed by atoms with van der Waals surface area (Å²) in [6.45, 7) is 4.22. The maximum atomic E-state index is 3.21. The first-order valence-corrected chi connectivity index (χ1v) is 2.98. The van der Waals surface area contributed by atoms with E-state index in [1.807, 2.05) is 4.99 Å². The molecule has 0 aromatic rings. The van der Waals surface area contributed by atoms with Gasteiger partial charge >= 0.3 is 0 Å². The molecule has 36 valence electrons. The predicted molar refractivity (Wildman–Crippen MR) is 33.0 cm³/mol. The van der Waals surface area contributed by atoms with Gasteiger partial charge in [-0.1, -0.05) is 28.4 Å². The summed E-state index contributed by atoms with van der Waals surface area (Å²) in [5.74, 6) is 0. The summed E-state index contributed by atoms with van der Waals surface area (Å²) in [6, 6.07) is 0. The molecule has 0 saturated heterocycles. The molecule has 0 atom stereocenters. The fourth-order valence-electron chi connectivity index (χ4n) is 0.0772. The lowest BCUT2D eigenvalue weighted by atomic mass is 10.3. The van der Waals surface area contributed by atoms with Crippen molar-refractivity contribution in [1.29, 1.82) is 0 Å². The van der Waals surface area contributed by atoms with Gasteiger partial charge in [-0.15, -0.1) is 0 Å². The Hall–Kier alpha value is 0.220. The Bertz CT molecular complexity index is 55.0. The van der Waals surface area contributed by atoms with Crippen molar-refractivity contribution in [3.63, 3.8) is 0 Å². The lowest BCUT2D eigenvalue weighted by Crippen LogP contribution is -1.62. The Kier molecular flexibility index (Phi) is 3.54. The fraction of sp³-hybridized carbons (Fsp3) is 0.600. The zero-order valence-electron chi connectivity index (χ0n) is 4.16. The topological polar surface area (TPSA) is 0 Å². The Balaban J connectivity index is 3.22. The van der Waals surface area contributed by atoms with Crippen molar-refractivity contribution in [3.8, 4) is 0 Å². The van der Waals surface area contributed by atoms with E-state index in [2.05, 4.69) is 29.8 Å². The average Bonchev–Trinajstić information content (AvgIpc) is 1.65. The summed E-state index contributed by atoms with van der Waals surface area (Å²) in [5.41, 5.74) is 1.38. The molecule has 0 radical (unpaired) electrons. The van der Waals surface area contributed by atoms with Crippen LogP contribution in [0.5, 0.6) is 0 Å². The van der Waals surface area contributed by atoms with Crippen LogP contribution in [0.4, 0.5) is 0 Å². The summed E-state index contributed by atoms with van der Waals surface area (Å²) in [5, 5.41) is 0. The molecular weight excluding hydrogens is 140 g/mol. The molecule has 0 aliphatic carbocycles. The Labute approximate surface area is 47.4 Å². The van der Waals surface area contributed by atoms with Crippen LogP contribution < -0.4 is 0 Å². The second-order valence-corrected chi connectivity index (χ2v) is 1.77. The highest BCUT2D eigenvalue weighted by Crippen LogP contribution is 1.99. The Morgan fingerprint density at radius 3 is 2.33 bits per heavy atom. The largest absolute Gasteiger partial charge is 0.0667 e. The van der Waals surface area contributed by atoms with E-state index in [1.54, 1.807) is 0 Å². The summed E-state index contributed by atoms with van der Waals surface area (Å²) in [6.07, 6.45) is 1.14. The number of halogens is 1. The number of hydrogen-bond donors (Lipinski definition) is 0. The van der Waals surface area contributed by atoms with Crippen LogP contribution in [0.15, 0.2) is 10.6 Å². The van der Waals surface area contributed by atoms with E-state index in [0.29, 0.717) is 0 Å². The Morgan fingerprint density at radius 2 is 2.33 bits per heavy atom. The van der Waals surface area contributed by atoms with Crippen molar-refractivity contribution >= 4 is 15.9 Å². The van der Waals surface area contributed by atoms with Gasteiger partial charge in [-0.05, 0) is 18.3 Å². The third kappa shape index (κ3) is 2.46. The van der Waals surface area contributed by atoms with Crippen molar-refractivity contribution in [1.82, 2.24) is 0 Å². The minimum atomic E-state index is 1.14. The maximum Gasteiger partial charge on any atom is -0.0200 e. The van der Waals surface area contributed by atoms with Crippen LogP contribution in [0.25, 0.3) is 0 Å². The molecule has 1 heteroatoms. The van der Waals surface area contributed by atoms with Crippen LogP contribution in [-0.4, -0.2) is 0 Å². The highest BCUT2D eigenvalue weighted by molar-refractivity contribution is 9.11. The first kappa shape index (κ1) is 6.22. The van der Waals surface area contributed by atoms with Gasteiger partial charge in [0.1, 0.15) is 0 Å². The van der Waals surface area contributed by atoms with Gasteiger partial charge in [0.25, 0.3) is 0 Å². The number of allylic oxidation sites excluding steroid dienone is 1. The molecule has 0 unspecified atom stereocenters. The van der Waals surface area contributed by atoms with Crippen LogP contribution in [0.2, 0.25) is 0 Å². The van der Waals surface area contributed by atoms with E-state index < -0.39 is 0 Å². The monoisotopic (exact) mass is 148 g/mol. The molecule has 0 nitrogen and oxygen atoms in total. The zero-order valence-corrected chi connectivity index (χ0v) is 5.75. The normalized spacial score (nSPS) is 12.2. The molecule has 0 saturated carbocycles. The van der Waals surface area contributed by atoms with Gasteiger partial charge < -0.3 is 0 Å². The van der Waals surface area contributed by atoms with Gasteiger partial charge in [0.15, 0.2) is 0 Å². The quantitative estimate of drug-likeness (QED) is 0.537. The van der Waals surface area contributed by atoms with Gasteiger partial charge in [-0.3, -0.25) is 0 Å². The number of rotatable bonds is 1. The van der Waals surface area contributed by atoms with Crippen LogP contribution in [-0.2, 0) is 0 Å². The molecule has 0 amide bonds. The molecular formula is C5H9Br. The first-order valence-electron chi connectivity index (χ1n) is 2.07. The molecule has 0 heterocycles. The van der Waals surface area contributed by atoms with Gasteiger partial charge in [0.05, 0.1) is 0 Å². The van der Waals surface area contributed by atoms with E-state index >= 15 is 0 Å². The molecule has 6 heavy (non-hydrogen) atoms. The third-order valence-electron chi connectivity index (χ3n) is 0.744. The molecule has 0 aromatic heterocycles. The van der Waals surface area contributed by atoms with E-state index in [9.17, 15) is 0 Å². The van der Waals surface area contributed by atoms with Gasteiger partial charge in [-0.25, -0.2) is 0 Å².